The first-order chi connectivity index (χ1) is 12.1. The highest BCUT2D eigenvalue weighted by Crippen LogP contribution is 2.24. The third-order valence-corrected chi connectivity index (χ3v) is 4.71. The van der Waals surface area contributed by atoms with Crippen LogP contribution in [0, 0.1) is 6.92 Å². The summed E-state index contributed by atoms with van der Waals surface area (Å²) < 4.78 is 2.75. The summed E-state index contributed by atoms with van der Waals surface area (Å²) >= 11 is 3.48. The Hall–Kier alpha value is -2.40. The Bertz CT molecular complexity index is 888. The lowest BCUT2D eigenvalue weighted by atomic mass is 10.1. The van der Waals surface area contributed by atoms with E-state index in [1.54, 1.807) is 11.7 Å². The number of benzene rings is 2. The number of carbonyl (C=O) groups excluding carboxylic acids is 1. The molecule has 4 nitrogen and oxygen atoms in total. The second kappa shape index (κ2) is 7.66. The highest BCUT2D eigenvalue weighted by atomic mass is 79.9. The van der Waals surface area contributed by atoms with Gasteiger partial charge in [-0.3, -0.25) is 9.48 Å². The highest BCUT2D eigenvalue weighted by Gasteiger charge is 2.21. The largest absolute Gasteiger partial charge is 0.357 e. The van der Waals surface area contributed by atoms with E-state index in [0.717, 1.165) is 26.9 Å². The zero-order chi connectivity index (χ0) is 17.8. The number of aryl methyl sites for hydroxylation is 1. The van der Waals surface area contributed by atoms with Crippen LogP contribution in [-0.2, 0) is 11.2 Å². The topological polar surface area (TPSA) is 46.9 Å². The van der Waals surface area contributed by atoms with Crippen molar-refractivity contribution in [3.8, 4) is 11.3 Å². The second-order valence-electron chi connectivity index (χ2n) is 5.96. The molecule has 0 spiro atoms. The summed E-state index contributed by atoms with van der Waals surface area (Å²) in [7, 11) is 1.65. The molecular formula is C20H20BrN3O. The van der Waals surface area contributed by atoms with E-state index < -0.39 is 6.04 Å². The molecule has 0 bridgehead atoms. The number of halogens is 1. The lowest BCUT2D eigenvalue weighted by Gasteiger charge is -2.16. The lowest BCUT2D eigenvalue weighted by molar-refractivity contribution is -0.124. The highest BCUT2D eigenvalue weighted by molar-refractivity contribution is 9.10. The predicted molar refractivity (Wildman–Crippen MR) is 103 cm³/mol. The average Bonchev–Trinajstić information content (AvgIpc) is 3.09. The van der Waals surface area contributed by atoms with Crippen LogP contribution in [0.5, 0.6) is 0 Å². The van der Waals surface area contributed by atoms with Crippen molar-refractivity contribution in [2.45, 2.75) is 19.4 Å². The van der Waals surface area contributed by atoms with Crippen LogP contribution in [0.4, 0.5) is 0 Å². The number of nitrogens with one attached hydrogen (secondary N) is 1. The van der Waals surface area contributed by atoms with Gasteiger partial charge in [0.2, 0.25) is 5.91 Å². The standard InChI is InChI=1S/C20H20BrN3O/c1-14-6-3-4-9-17(14)18-10-11-24(23-18)19(20(25)22-2)13-15-7-5-8-16(21)12-15/h3-12,19H,13H2,1-2H3,(H,22,25)/t19-/m0/s1. The van der Waals surface area contributed by atoms with E-state index in [0.29, 0.717) is 6.42 Å². The number of nitrogens with zero attached hydrogens (tertiary/aromatic N) is 2. The van der Waals surface area contributed by atoms with Gasteiger partial charge in [0.15, 0.2) is 0 Å². The monoisotopic (exact) mass is 397 g/mol. The summed E-state index contributed by atoms with van der Waals surface area (Å²) in [6.45, 7) is 2.06. The Morgan fingerprint density at radius 1 is 1.20 bits per heavy atom. The quantitative estimate of drug-likeness (QED) is 0.702. The van der Waals surface area contributed by atoms with Crippen LogP contribution in [-0.4, -0.2) is 22.7 Å². The van der Waals surface area contributed by atoms with E-state index in [1.165, 1.54) is 0 Å². The Morgan fingerprint density at radius 3 is 2.72 bits per heavy atom. The third kappa shape index (κ3) is 3.99. The van der Waals surface area contributed by atoms with Gasteiger partial charge >= 0.3 is 0 Å². The molecule has 0 radical (unpaired) electrons. The molecule has 128 valence electrons. The van der Waals surface area contributed by atoms with Crippen LogP contribution < -0.4 is 5.32 Å². The van der Waals surface area contributed by atoms with Crippen molar-refractivity contribution < 1.29 is 4.79 Å². The fourth-order valence-electron chi connectivity index (χ4n) is 2.88. The molecule has 1 amide bonds. The molecule has 5 heteroatoms. The summed E-state index contributed by atoms with van der Waals surface area (Å²) in [4.78, 5) is 12.4. The smallest absolute Gasteiger partial charge is 0.244 e. The molecule has 3 rings (SSSR count). The molecule has 2 aromatic carbocycles. The molecule has 0 aliphatic carbocycles. The Labute approximate surface area is 156 Å². The zero-order valence-electron chi connectivity index (χ0n) is 14.2. The van der Waals surface area contributed by atoms with Crippen molar-refractivity contribution in [1.29, 1.82) is 0 Å². The number of likely N-dealkylation sites (N-methyl/N-ethyl adjacent to an activating group) is 1. The molecule has 0 aliphatic rings. The molecule has 1 atom stereocenters. The number of hydrogen-bond donors (Lipinski definition) is 1. The maximum Gasteiger partial charge on any atom is 0.244 e. The van der Waals surface area contributed by atoms with Crippen LogP contribution in [0.1, 0.15) is 17.2 Å². The van der Waals surface area contributed by atoms with E-state index in [9.17, 15) is 4.79 Å². The summed E-state index contributed by atoms with van der Waals surface area (Å²) in [5, 5.41) is 7.42. The molecule has 1 N–H and O–H groups in total. The number of amides is 1. The SMILES string of the molecule is CNC(=O)[C@H](Cc1cccc(Br)c1)n1ccc(-c2ccccc2C)n1. The van der Waals surface area contributed by atoms with Crippen molar-refractivity contribution in [3.05, 3.63) is 76.4 Å². The lowest BCUT2D eigenvalue weighted by Crippen LogP contribution is -2.31. The molecule has 0 unspecified atom stereocenters. The minimum absolute atomic E-state index is 0.0561. The summed E-state index contributed by atoms with van der Waals surface area (Å²) in [5.74, 6) is -0.0561. The maximum absolute atomic E-state index is 12.4. The first-order valence-corrected chi connectivity index (χ1v) is 8.95. The second-order valence-corrected chi connectivity index (χ2v) is 6.88. The molecule has 25 heavy (non-hydrogen) atoms. The van der Waals surface area contributed by atoms with Gasteiger partial charge in [-0.2, -0.15) is 5.10 Å². The van der Waals surface area contributed by atoms with E-state index in [4.69, 9.17) is 0 Å². The van der Waals surface area contributed by atoms with Gasteiger partial charge in [-0.15, -0.1) is 0 Å². The van der Waals surface area contributed by atoms with Crippen molar-refractivity contribution >= 4 is 21.8 Å². The molecule has 0 fully saturated rings. The number of hydrogen-bond acceptors (Lipinski definition) is 2. The summed E-state index contributed by atoms with van der Waals surface area (Å²) in [6.07, 6.45) is 2.45. The molecule has 1 aromatic heterocycles. The van der Waals surface area contributed by atoms with Gasteiger partial charge in [0.1, 0.15) is 6.04 Å². The number of rotatable bonds is 5. The van der Waals surface area contributed by atoms with Gasteiger partial charge in [0.25, 0.3) is 0 Å². The van der Waals surface area contributed by atoms with Crippen molar-refractivity contribution in [1.82, 2.24) is 15.1 Å². The molecule has 0 saturated carbocycles. The van der Waals surface area contributed by atoms with E-state index in [2.05, 4.69) is 39.3 Å². The molecule has 0 aliphatic heterocycles. The Kier molecular flexibility index (Phi) is 5.34. The van der Waals surface area contributed by atoms with E-state index >= 15 is 0 Å². The number of aromatic nitrogens is 2. The molecular weight excluding hydrogens is 378 g/mol. The maximum atomic E-state index is 12.4. The van der Waals surface area contributed by atoms with Crippen LogP contribution >= 0.6 is 15.9 Å². The van der Waals surface area contributed by atoms with Gasteiger partial charge in [0.05, 0.1) is 5.69 Å². The first kappa shape index (κ1) is 17.4. The average molecular weight is 398 g/mol. The zero-order valence-corrected chi connectivity index (χ0v) is 15.8. The molecule has 3 aromatic rings. The van der Waals surface area contributed by atoms with Crippen molar-refractivity contribution in [2.75, 3.05) is 7.05 Å². The van der Waals surface area contributed by atoms with Crippen molar-refractivity contribution in [2.24, 2.45) is 0 Å². The van der Waals surface area contributed by atoms with E-state index in [1.807, 2.05) is 54.7 Å². The fourth-order valence-corrected chi connectivity index (χ4v) is 3.32. The Balaban J connectivity index is 1.92. The van der Waals surface area contributed by atoms with Gasteiger partial charge in [-0.05, 0) is 36.2 Å². The third-order valence-electron chi connectivity index (χ3n) is 4.22. The minimum Gasteiger partial charge on any atom is -0.357 e. The van der Waals surface area contributed by atoms with Crippen molar-refractivity contribution in [3.63, 3.8) is 0 Å². The van der Waals surface area contributed by atoms with Gasteiger partial charge in [0, 0.05) is 29.7 Å². The normalized spacial score (nSPS) is 12.0. The van der Waals surface area contributed by atoms with Crippen LogP contribution in [0.3, 0.4) is 0 Å². The molecule has 0 saturated heterocycles. The summed E-state index contributed by atoms with van der Waals surface area (Å²) in [6, 6.07) is 17.7. The van der Waals surface area contributed by atoms with Gasteiger partial charge in [-0.25, -0.2) is 0 Å². The minimum atomic E-state index is -0.392. The number of carbonyl (C=O) groups is 1. The van der Waals surface area contributed by atoms with Gasteiger partial charge in [-0.1, -0.05) is 52.3 Å². The van der Waals surface area contributed by atoms with Gasteiger partial charge < -0.3 is 5.32 Å². The van der Waals surface area contributed by atoms with Crippen LogP contribution in [0.25, 0.3) is 11.3 Å². The molecule has 1 heterocycles. The summed E-state index contributed by atoms with van der Waals surface area (Å²) in [5.41, 5.74) is 4.20. The predicted octanol–water partition coefficient (Wildman–Crippen LogP) is 4.15. The first-order valence-electron chi connectivity index (χ1n) is 8.15. The Morgan fingerprint density at radius 2 is 2.00 bits per heavy atom. The van der Waals surface area contributed by atoms with Crippen LogP contribution in [0.15, 0.2) is 65.3 Å². The fraction of sp³-hybridized carbons (Fsp3) is 0.200. The van der Waals surface area contributed by atoms with Crippen LogP contribution in [0.2, 0.25) is 0 Å². The van der Waals surface area contributed by atoms with E-state index in [-0.39, 0.29) is 5.91 Å².